The molecule has 4 heteroatoms. The zero-order chi connectivity index (χ0) is 15.4. The summed E-state index contributed by atoms with van der Waals surface area (Å²) >= 11 is 0. The molecule has 0 spiro atoms. The summed E-state index contributed by atoms with van der Waals surface area (Å²) in [5, 5.41) is 4.41. The number of rotatable bonds is 3. The van der Waals surface area contributed by atoms with Crippen molar-refractivity contribution < 1.29 is 37.4 Å². The number of aryl methyl sites for hydroxylation is 2. The first kappa shape index (κ1) is 18.4. The van der Waals surface area contributed by atoms with Crippen LogP contribution in [-0.2, 0) is 39.8 Å². The van der Waals surface area contributed by atoms with Crippen LogP contribution in [0.4, 0.5) is 5.69 Å². The van der Waals surface area contributed by atoms with Gasteiger partial charge in [0.2, 0.25) is 0 Å². The van der Waals surface area contributed by atoms with Crippen LogP contribution in [-0.4, -0.2) is 11.3 Å². The SMILES string of the molecule is Cc1ccccc1-c1[c-]c(N=[C-]C2CCCCC2)cn[n+]1C.[Y]. The number of aromatic nitrogens is 2. The molecule has 1 aromatic heterocycles. The first-order valence-corrected chi connectivity index (χ1v) is 8.05. The molecule has 0 saturated heterocycles. The van der Waals surface area contributed by atoms with E-state index >= 15 is 0 Å². The fourth-order valence-electron chi connectivity index (χ4n) is 2.96. The van der Waals surface area contributed by atoms with Gasteiger partial charge >= 0.3 is 0 Å². The molecule has 1 aliphatic rings. The molecule has 0 bridgehead atoms. The van der Waals surface area contributed by atoms with Crippen molar-refractivity contribution in [2.24, 2.45) is 18.0 Å². The van der Waals surface area contributed by atoms with Crippen molar-refractivity contribution in [2.75, 3.05) is 0 Å². The molecule has 1 fully saturated rings. The fraction of sp³-hybridized carbons (Fsp3) is 0.421. The zero-order valence-electron chi connectivity index (χ0n) is 13.9. The summed E-state index contributed by atoms with van der Waals surface area (Å²) in [5.74, 6) is 0.498. The van der Waals surface area contributed by atoms with E-state index in [1.807, 2.05) is 23.9 Å². The molecule has 3 nitrogen and oxygen atoms in total. The minimum absolute atomic E-state index is 0. The topological polar surface area (TPSA) is 29.1 Å². The van der Waals surface area contributed by atoms with Crippen molar-refractivity contribution in [3.8, 4) is 11.3 Å². The Morgan fingerprint density at radius 2 is 1.96 bits per heavy atom. The number of hydrogen-bond acceptors (Lipinski definition) is 2. The largest absolute Gasteiger partial charge is 0.480 e. The minimum Gasteiger partial charge on any atom is -0.480 e. The Hall–Kier alpha value is -0.926. The molecule has 3 rings (SSSR count). The van der Waals surface area contributed by atoms with Crippen molar-refractivity contribution in [3.63, 3.8) is 0 Å². The summed E-state index contributed by atoms with van der Waals surface area (Å²) in [6, 6.07) is 11.7. The van der Waals surface area contributed by atoms with Crippen LogP contribution in [0.3, 0.4) is 0 Å². The van der Waals surface area contributed by atoms with Gasteiger partial charge < -0.3 is 4.99 Å². The first-order chi connectivity index (χ1) is 10.7. The molecule has 0 N–H and O–H groups in total. The van der Waals surface area contributed by atoms with E-state index in [4.69, 9.17) is 0 Å². The van der Waals surface area contributed by atoms with E-state index < -0.39 is 0 Å². The van der Waals surface area contributed by atoms with Gasteiger partial charge in [-0.3, -0.25) is 0 Å². The van der Waals surface area contributed by atoms with Crippen molar-refractivity contribution in [3.05, 3.63) is 42.1 Å². The molecule has 23 heavy (non-hydrogen) atoms. The van der Waals surface area contributed by atoms with Crippen molar-refractivity contribution >= 4 is 11.9 Å². The normalized spacial score (nSPS) is 15.6. The van der Waals surface area contributed by atoms with Gasteiger partial charge in [-0.05, 0) is 5.56 Å². The molecule has 1 saturated carbocycles. The summed E-state index contributed by atoms with van der Waals surface area (Å²) < 4.78 is 1.85. The van der Waals surface area contributed by atoms with Crippen LogP contribution in [0.2, 0.25) is 0 Å². The van der Waals surface area contributed by atoms with E-state index in [-0.39, 0.29) is 32.7 Å². The van der Waals surface area contributed by atoms with Gasteiger partial charge in [0.1, 0.15) is 5.69 Å². The molecule has 1 heterocycles. The van der Waals surface area contributed by atoms with Gasteiger partial charge in [0.05, 0.1) is 0 Å². The Morgan fingerprint density at radius 1 is 1.22 bits per heavy atom. The van der Waals surface area contributed by atoms with Gasteiger partial charge in [-0.2, -0.15) is 18.0 Å². The second-order valence-corrected chi connectivity index (χ2v) is 6.02. The molecular weight excluding hydrogens is 359 g/mol. The molecule has 1 aliphatic carbocycles. The predicted molar refractivity (Wildman–Crippen MR) is 88.1 cm³/mol. The number of nitrogens with zero attached hydrogens (tertiary/aromatic N) is 3. The average Bonchev–Trinajstić information content (AvgIpc) is 2.56. The quantitative estimate of drug-likeness (QED) is 0.451. The van der Waals surface area contributed by atoms with Crippen LogP contribution in [0.1, 0.15) is 37.7 Å². The maximum atomic E-state index is 4.51. The summed E-state index contributed by atoms with van der Waals surface area (Å²) in [5.41, 5.74) is 4.09. The van der Waals surface area contributed by atoms with Gasteiger partial charge in [0.15, 0.2) is 7.05 Å². The Labute approximate surface area is 164 Å². The second kappa shape index (κ2) is 8.79. The van der Waals surface area contributed by atoms with Crippen molar-refractivity contribution in [1.29, 1.82) is 0 Å². The van der Waals surface area contributed by atoms with E-state index in [0.29, 0.717) is 5.92 Å². The summed E-state index contributed by atoms with van der Waals surface area (Å²) in [7, 11) is 1.94. The third-order valence-corrected chi connectivity index (χ3v) is 4.30. The molecular formula is C19H22N3Y-. The maximum Gasteiger partial charge on any atom is 0.161 e. The average molecular weight is 381 g/mol. The van der Waals surface area contributed by atoms with Crippen molar-refractivity contribution in [1.82, 2.24) is 5.10 Å². The van der Waals surface area contributed by atoms with E-state index in [2.05, 4.69) is 41.4 Å². The molecule has 0 amide bonds. The van der Waals surface area contributed by atoms with E-state index in [0.717, 1.165) is 16.9 Å². The third-order valence-electron chi connectivity index (χ3n) is 4.30. The van der Waals surface area contributed by atoms with E-state index in [1.165, 1.54) is 37.7 Å². The van der Waals surface area contributed by atoms with Crippen LogP contribution in [0.15, 0.2) is 35.5 Å². The van der Waals surface area contributed by atoms with Gasteiger partial charge in [0, 0.05) is 32.7 Å². The standard InChI is InChI=1S/C19H22N3.Y/c1-15-8-6-7-11-18(15)19-12-17(14-21-22(19)2)20-13-16-9-4-3-5-10-16;/h6-8,11,14,16H,3-5,9-10H2,1-2H3;/q-1;. The number of hydrogen-bond donors (Lipinski definition) is 0. The molecule has 2 aromatic rings. The van der Waals surface area contributed by atoms with Crippen molar-refractivity contribution in [2.45, 2.75) is 39.0 Å². The van der Waals surface area contributed by atoms with Gasteiger partial charge in [-0.15, -0.1) is 10.7 Å². The fourth-order valence-corrected chi connectivity index (χ4v) is 2.96. The molecule has 1 radical (unpaired) electrons. The van der Waals surface area contributed by atoms with Crippen LogP contribution >= 0.6 is 0 Å². The Morgan fingerprint density at radius 3 is 2.70 bits per heavy atom. The number of aliphatic imine (C=N–C) groups is 1. The Kier molecular flexibility index (Phi) is 7.04. The van der Waals surface area contributed by atoms with Gasteiger partial charge in [0.25, 0.3) is 0 Å². The molecule has 117 valence electrons. The molecule has 0 unspecified atom stereocenters. The Bertz CT molecular complexity index is 676. The van der Waals surface area contributed by atoms with Gasteiger partial charge in [-0.25, -0.2) is 0 Å². The zero-order valence-corrected chi connectivity index (χ0v) is 16.8. The van der Waals surface area contributed by atoms with E-state index in [1.54, 1.807) is 6.20 Å². The van der Waals surface area contributed by atoms with Gasteiger partial charge in [-0.1, -0.05) is 80.0 Å². The number of benzene rings is 1. The summed E-state index contributed by atoms with van der Waals surface area (Å²) in [6.45, 7) is 2.10. The molecule has 0 aliphatic heterocycles. The smallest absolute Gasteiger partial charge is 0.161 e. The summed E-state index contributed by atoms with van der Waals surface area (Å²) in [6.07, 6.45) is 11.4. The van der Waals surface area contributed by atoms with Crippen LogP contribution in [0.25, 0.3) is 11.3 Å². The van der Waals surface area contributed by atoms with E-state index in [9.17, 15) is 0 Å². The summed E-state index contributed by atoms with van der Waals surface area (Å²) in [4.78, 5) is 4.51. The van der Waals surface area contributed by atoms with Crippen LogP contribution in [0, 0.1) is 18.9 Å². The predicted octanol–water partition coefficient (Wildman–Crippen LogP) is 3.84. The monoisotopic (exact) mass is 381 g/mol. The first-order valence-electron chi connectivity index (χ1n) is 8.05. The Balaban J connectivity index is 0.00000192. The van der Waals surface area contributed by atoms with Crippen LogP contribution in [0.5, 0.6) is 0 Å². The third kappa shape index (κ3) is 4.77. The van der Waals surface area contributed by atoms with Crippen LogP contribution < -0.4 is 4.68 Å². The maximum absolute atomic E-state index is 4.51. The minimum atomic E-state index is 0. The molecule has 0 atom stereocenters. The molecule has 1 aromatic carbocycles. The second-order valence-electron chi connectivity index (χ2n) is 6.02.